The summed E-state index contributed by atoms with van der Waals surface area (Å²) in [5.74, 6) is -0.0655. The minimum absolute atomic E-state index is 0.231. The number of halogens is 1. The predicted molar refractivity (Wildman–Crippen MR) is 90.4 cm³/mol. The van der Waals surface area contributed by atoms with Crippen molar-refractivity contribution in [1.82, 2.24) is 19.5 Å². The monoisotopic (exact) mass is 359 g/mol. The quantitative estimate of drug-likeness (QED) is 0.630. The Labute approximate surface area is 148 Å². The van der Waals surface area contributed by atoms with E-state index >= 15 is 0 Å². The van der Waals surface area contributed by atoms with Crippen LogP contribution >= 0.6 is 0 Å². The van der Waals surface area contributed by atoms with Crippen molar-refractivity contribution in [3.05, 3.63) is 48.3 Å². The number of hydrogen-bond acceptors (Lipinski definition) is 7. The standard InChI is InChI=1S/C17H18FN5O3/c18-10-4-1-9(2-5-10)3-6-11-13(24)14(25)17(26-11)23-8-22-12-15(19)20-7-21-16(12)23/h1-2,4-5,7-8,11,13-14,17,24-25H,3,6H2,(H2,19,20,21)/t11-,13-,14-,17-/m1/s1. The number of aryl methyl sites for hydroxylation is 1. The first kappa shape index (κ1) is 16.8. The van der Waals surface area contributed by atoms with E-state index in [0.29, 0.717) is 24.0 Å². The van der Waals surface area contributed by atoms with Crippen LogP contribution < -0.4 is 5.73 Å². The third-order valence-corrected chi connectivity index (χ3v) is 4.63. The van der Waals surface area contributed by atoms with Gasteiger partial charge >= 0.3 is 0 Å². The summed E-state index contributed by atoms with van der Waals surface area (Å²) in [7, 11) is 0. The summed E-state index contributed by atoms with van der Waals surface area (Å²) in [6.07, 6.45) is 0.224. The zero-order valence-corrected chi connectivity index (χ0v) is 13.7. The second-order valence-corrected chi connectivity index (χ2v) is 6.29. The summed E-state index contributed by atoms with van der Waals surface area (Å²) in [5, 5.41) is 20.8. The molecule has 3 aromatic rings. The largest absolute Gasteiger partial charge is 0.388 e. The molecule has 0 radical (unpaired) electrons. The molecule has 1 aromatic carbocycles. The number of hydrogen-bond donors (Lipinski definition) is 3. The SMILES string of the molecule is Nc1ncnc2c1ncn2[C@@H]1O[C@H](CCc2ccc(F)cc2)[C@@H](O)[C@H]1O. The van der Waals surface area contributed by atoms with E-state index in [0.717, 1.165) is 5.56 Å². The number of aliphatic hydroxyl groups excluding tert-OH is 2. The number of imidazole rings is 1. The number of nitrogens with zero attached hydrogens (tertiary/aromatic N) is 4. The Morgan fingerprint density at radius 1 is 1.12 bits per heavy atom. The van der Waals surface area contributed by atoms with E-state index in [1.807, 2.05) is 0 Å². The molecule has 0 saturated carbocycles. The Balaban J connectivity index is 1.52. The molecule has 4 rings (SSSR count). The summed E-state index contributed by atoms with van der Waals surface area (Å²) in [6, 6.07) is 6.16. The maximum Gasteiger partial charge on any atom is 0.167 e. The topological polar surface area (TPSA) is 119 Å². The number of nitrogens with two attached hydrogens (primary N) is 1. The van der Waals surface area contributed by atoms with Gasteiger partial charge in [-0.05, 0) is 30.5 Å². The molecule has 4 N–H and O–H groups in total. The number of aromatic nitrogens is 4. The number of benzene rings is 1. The number of aliphatic hydroxyl groups is 2. The van der Waals surface area contributed by atoms with Crippen molar-refractivity contribution in [1.29, 1.82) is 0 Å². The van der Waals surface area contributed by atoms with Crippen LogP contribution in [0.5, 0.6) is 0 Å². The van der Waals surface area contributed by atoms with Gasteiger partial charge in [0.2, 0.25) is 0 Å². The molecule has 1 aliphatic rings. The maximum atomic E-state index is 13.0. The van der Waals surface area contributed by atoms with E-state index in [9.17, 15) is 14.6 Å². The van der Waals surface area contributed by atoms with Gasteiger partial charge in [0, 0.05) is 0 Å². The normalized spacial score (nSPS) is 25.8. The molecule has 0 unspecified atom stereocenters. The average Bonchev–Trinajstić information content (AvgIpc) is 3.18. The fourth-order valence-electron chi connectivity index (χ4n) is 3.21. The third-order valence-electron chi connectivity index (χ3n) is 4.63. The smallest absolute Gasteiger partial charge is 0.167 e. The zero-order chi connectivity index (χ0) is 18.3. The van der Waals surface area contributed by atoms with E-state index in [4.69, 9.17) is 10.5 Å². The number of rotatable bonds is 4. The Hall–Kier alpha value is -2.62. The lowest BCUT2D eigenvalue weighted by atomic mass is 10.0. The number of ether oxygens (including phenoxy) is 1. The number of anilines is 1. The van der Waals surface area contributed by atoms with Gasteiger partial charge in [-0.3, -0.25) is 4.57 Å². The molecule has 3 heterocycles. The molecular weight excluding hydrogens is 341 g/mol. The molecule has 0 aliphatic carbocycles. The van der Waals surface area contributed by atoms with Crippen molar-refractivity contribution in [3.8, 4) is 0 Å². The van der Waals surface area contributed by atoms with Crippen molar-refractivity contribution < 1.29 is 19.3 Å². The van der Waals surface area contributed by atoms with Crippen LogP contribution in [0.25, 0.3) is 11.2 Å². The molecular formula is C17H18FN5O3. The van der Waals surface area contributed by atoms with Crippen LogP contribution in [0.1, 0.15) is 18.2 Å². The molecule has 9 heteroatoms. The summed E-state index contributed by atoms with van der Waals surface area (Å²) in [4.78, 5) is 12.2. The van der Waals surface area contributed by atoms with Gasteiger partial charge in [0.25, 0.3) is 0 Å². The van der Waals surface area contributed by atoms with Crippen LogP contribution in [0.15, 0.2) is 36.9 Å². The highest BCUT2D eigenvalue weighted by atomic mass is 19.1. The zero-order valence-electron chi connectivity index (χ0n) is 13.7. The Morgan fingerprint density at radius 3 is 2.65 bits per heavy atom. The van der Waals surface area contributed by atoms with Gasteiger partial charge < -0.3 is 20.7 Å². The van der Waals surface area contributed by atoms with E-state index < -0.39 is 24.5 Å². The highest BCUT2D eigenvalue weighted by molar-refractivity contribution is 5.81. The van der Waals surface area contributed by atoms with Crippen molar-refractivity contribution in [2.45, 2.75) is 37.4 Å². The van der Waals surface area contributed by atoms with E-state index in [1.54, 1.807) is 16.7 Å². The lowest BCUT2D eigenvalue weighted by Gasteiger charge is -2.16. The van der Waals surface area contributed by atoms with Crippen molar-refractivity contribution in [2.75, 3.05) is 5.73 Å². The first-order valence-electron chi connectivity index (χ1n) is 8.23. The molecule has 2 aromatic heterocycles. The summed E-state index contributed by atoms with van der Waals surface area (Å²) in [6.45, 7) is 0. The van der Waals surface area contributed by atoms with Crippen LogP contribution in [0.4, 0.5) is 10.2 Å². The van der Waals surface area contributed by atoms with Crippen LogP contribution in [0.2, 0.25) is 0 Å². The van der Waals surface area contributed by atoms with Gasteiger partial charge in [-0.1, -0.05) is 12.1 Å². The van der Waals surface area contributed by atoms with Gasteiger partial charge in [-0.2, -0.15) is 0 Å². The van der Waals surface area contributed by atoms with Gasteiger partial charge in [-0.25, -0.2) is 19.3 Å². The molecule has 0 spiro atoms. The average molecular weight is 359 g/mol. The van der Waals surface area contributed by atoms with Crippen LogP contribution in [0, 0.1) is 5.82 Å². The van der Waals surface area contributed by atoms with Gasteiger partial charge in [0.05, 0.1) is 12.4 Å². The molecule has 8 nitrogen and oxygen atoms in total. The molecule has 26 heavy (non-hydrogen) atoms. The molecule has 4 atom stereocenters. The molecule has 136 valence electrons. The summed E-state index contributed by atoms with van der Waals surface area (Å²) >= 11 is 0. The van der Waals surface area contributed by atoms with Gasteiger partial charge in [0.15, 0.2) is 17.7 Å². The minimum atomic E-state index is -1.14. The molecule has 1 saturated heterocycles. The fourth-order valence-corrected chi connectivity index (χ4v) is 3.21. The second-order valence-electron chi connectivity index (χ2n) is 6.29. The highest BCUT2D eigenvalue weighted by Gasteiger charge is 2.43. The molecule has 1 fully saturated rings. The molecule has 0 bridgehead atoms. The molecule has 0 amide bonds. The minimum Gasteiger partial charge on any atom is -0.388 e. The van der Waals surface area contributed by atoms with Crippen molar-refractivity contribution in [3.63, 3.8) is 0 Å². The van der Waals surface area contributed by atoms with Crippen LogP contribution in [0.3, 0.4) is 0 Å². The summed E-state index contributed by atoms with van der Waals surface area (Å²) < 4.78 is 20.4. The lowest BCUT2D eigenvalue weighted by molar-refractivity contribution is -0.0367. The van der Waals surface area contributed by atoms with Crippen LogP contribution in [-0.2, 0) is 11.2 Å². The van der Waals surface area contributed by atoms with Gasteiger partial charge in [0.1, 0.15) is 29.9 Å². The Kier molecular flexibility index (Phi) is 4.27. The summed E-state index contributed by atoms with van der Waals surface area (Å²) in [5.41, 5.74) is 7.53. The van der Waals surface area contributed by atoms with Gasteiger partial charge in [-0.15, -0.1) is 0 Å². The van der Waals surface area contributed by atoms with E-state index in [1.165, 1.54) is 24.8 Å². The third kappa shape index (κ3) is 2.90. The number of nitrogen functional groups attached to an aromatic ring is 1. The maximum absolute atomic E-state index is 13.0. The Bertz CT molecular complexity index is 916. The first-order chi connectivity index (χ1) is 12.5. The van der Waals surface area contributed by atoms with E-state index in [2.05, 4.69) is 15.0 Å². The number of fused-ring (bicyclic) bond motifs is 1. The lowest BCUT2D eigenvalue weighted by Crippen LogP contribution is -2.31. The predicted octanol–water partition coefficient (Wildman–Crippen LogP) is 0.800. The Morgan fingerprint density at radius 2 is 1.88 bits per heavy atom. The first-order valence-corrected chi connectivity index (χ1v) is 8.23. The van der Waals surface area contributed by atoms with E-state index in [-0.39, 0.29) is 11.6 Å². The van der Waals surface area contributed by atoms with Crippen molar-refractivity contribution in [2.24, 2.45) is 0 Å². The van der Waals surface area contributed by atoms with Crippen LogP contribution in [-0.4, -0.2) is 48.0 Å². The highest BCUT2D eigenvalue weighted by Crippen LogP contribution is 2.33. The molecule has 1 aliphatic heterocycles. The second kappa shape index (κ2) is 6.60. The fraction of sp³-hybridized carbons (Fsp3) is 0.353. The van der Waals surface area contributed by atoms with Crippen molar-refractivity contribution >= 4 is 17.0 Å².